The highest BCUT2D eigenvalue weighted by Gasteiger charge is 2.53. The van der Waals surface area contributed by atoms with Gasteiger partial charge in [0.2, 0.25) is 0 Å². The van der Waals surface area contributed by atoms with Gasteiger partial charge in [0, 0.05) is 5.41 Å². The molecular weight excluding hydrogens is 184 g/mol. The summed E-state index contributed by atoms with van der Waals surface area (Å²) in [6.45, 7) is 13.2. The lowest BCUT2D eigenvalue weighted by Crippen LogP contribution is -2.53. The molecule has 0 radical (unpaired) electrons. The Morgan fingerprint density at radius 1 is 0.933 bits per heavy atom. The van der Waals surface area contributed by atoms with E-state index in [-0.39, 0.29) is 16.2 Å². The molecule has 0 saturated carbocycles. The minimum atomic E-state index is -0.400. The third-order valence-electron chi connectivity index (χ3n) is 3.71. The van der Waals surface area contributed by atoms with Crippen molar-refractivity contribution in [3.63, 3.8) is 0 Å². The molecule has 15 heavy (non-hydrogen) atoms. The molecule has 1 nitrogen and oxygen atoms in total. The number of hydrogen-bond donors (Lipinski definition) is 1. The molecule has 1 atom stereocenters. The van der Waals surface area contributed by atoms with E-state index in [0.29, 0.717) is 0 Å². The monoisotopic (exact) mass is 208 g/mol. The van der Waals surface area contributed by atoms with Crippen LogP contribution in [0.3, 0.4) is 0 Å². The van der Waals surface area contributed by atoms with Crippen LogP contribution in [0.1, 0.15) is 41.5 Å². The van der Waals surface area contributed by atoms with E-state index in [1.165, 1.54) is 0 Å². The molecule has 1 rings (SSSR count). The van der Waals surface area contributed by atoms with Crippen LogP contribution in [-0.2, 0) is 0 Å². The van der Waals surface area contributed by atoms with E-state index >= 15 is 0 Å². The molecule has 0 heterocycles. The van der Waals surface area contributed by atoms with Crippen LogP contribution in [0.4, 0.5) is 0 Å². The number of aliphatic hydroxyl groups is 1. The summed E-state index contributed by atoms with van der Waals surface area (Å²) in [5.74, 6) is 0. The van der Waals surface area contributed by atoms with E-state index in [1.807, 2.05) is 12.2 Å². The number of aliphatic hydroxyl groups excluding tert-OH is 1. The Kier molecular flexibility index (Phi) is 2.90. The highest BCUT2D eigenvalue weighted by atomic mass is 16.3. The molecule has 0 amide bonds. The molecule has 0 aromatic heterocycles. The van der Waals surface area contributed by atoms with Crippen molar-refractivity contribution in [3.8, 4) is 0 Å². The fourth-order valence-electron chi connectivity index (χ4n) is 3.14. The highest BCUT2D eigenvalue weighted by molar-refractivity contribution is 5.26. The largest absolute Gasteiger partial charge is 0.388 e. The lowest BCUT2D eigenvalue weighted by Gasteiger charge is -2.54. The van der Waals surface area contributed by atoms with Crippen molar-refractivity contribution in [2.24, 2.45) is 16.2 Å². The summed E-state index contributed by atoms with van der Waals surface area (Å²) < 4.78 is 0. The molecule has 0 aromatic rings. The molecular formula is C14H24O. The van der Waals surface area contributed by atoms with Gasteiger partial charge in [-0.25, -0.2) is 0 Å². The van der Waals surface area contributed by atoms with Crippen LogP contribution in [0.5, 0.6) is 0 Å². The second kappa shape index (κ2) is 3.48. The average Bonchev–Trinajstić information content (AvgIpc) is 2.00. The van der Waals surface area contributed by atoms with Crippen molar-refractivity contribution >= 4 is 0 Å². The maximum absolute atomic E-state index is 10.4. The Labute approximate surface area is 93.9 Å². The van der Waals surface area contributed by atoms with E-state index < -0.39 is 6.10 Å². The predicted molar refractivity (Wildman–Crippen MR) is 65.6 cm³/mol. The summed E-state index contributed by atoms with van der Waals surface area (Å²) in [6, 6.07) is 0. The first-order chi connectivity index (χ1) is 6.63. The number of hydrogen-bond acceptors (Lipinski definition) is 1. The van der Waals surface area contributed by atoms with Crippen molar-refractivity contribution < 1.29 is 5.11 Å². The SMILES string of the molecule is CC(C)(C)C1(C(C)(C)C)C=CC=CC1O. The van der Waals surface area contributed by atoms with E-state index in [9.17, 15) is 5.11 Å². The van der Waals surface area contributed by atoms with Crippen LogP contribution in [0, 0.1) is 16.2 Å². The van der Waals surface area contributed by atoms with E-state index in [1.54, 1.807) is 0 Å². The summed E-state index contributed by atoms with van der Waals surface area (Å²) in [4.78, 5) is 0. The zero-order valence-electron chi connectivity index (χ0n) is 10.8. The van der Waals surface area contributed by atoms with Crippen molar-refractivity contribution in [2.45, 2.75) is 47.6 Å². The van der Waals surface area contributed by atoms with Crippen LogP contribution < -0.4 is 0 Å². The molecule has 1 aliphatic rings. The van der Waals surface area contributed by atoms with Gasteiger partial charge in [0.15, 0.2) is 0 Å². The topological polar surface area (TPSA) is 20.2 Å². The third kappa shape index (κ3) is 1.78. The first kappa shape index (κ1) is 12.5. The van der Waals surface area contributed by atoms with E-state index in [0.717, 1.165) is 0 Å². The van der Waals surface area contributed by atoms with Gasteiger partial charge >= 0.3 is 0 Å². The fraction of sp³-hybridized carbons (Fsp3) is 0.714. The van der Waals surface area contributed by atoms with Crippen LogP contribution in [-0.4, -0.2) is 11.2 Å². The quantitative estimate of drug-likeness (QED) is 0.645. The maximum Gasteiger partial charge on any atom is 0.0824 e. The highest BCUT2D eigenvalue weighted by Crippen LogP contribution is 2.56. The lowest BCUT2D eigenvalue weighted by atomic mass is 9.50. The second-order valence-electron chi connectivity index (χ2n) is 6.56. The zero-order valence-corrected chi connectivity index (χ0v) is 10.8. The first-order valence-corrected chi connectivity index (χ1v) is 5.67. The standard InChI is InChI=1S/C14H24O/c1-12(2,3)14(13(4,5)6)10-8-7-9-11(14)15/h7-11,15H,1-6H3. The van der Waals surface area contributed by atoms with Gasteiger partial charge in [-0.1, -0.05) is 65.8 Å². The van der Waals surface area contributed by atoms with E-state index in [4.69, 9.17) is 0 Å². The maximum atomic E-state index is 10.4. The van der Waals surface area contributed by atoms with Gasteiger partial charge in [0.25, 0.3) is 0 Å². The molecule has 1 unspecified atom stereocenters. The smallest absolute Gasteiger partial charge is 0.0824 e. The molecule has 1 N–H and O–H groups in total. The zero-order chi connectivity index (χ0) is 11.9. The molecule has 0 aliphatic heterocycles. The van der Waals surface area contributed by atoms with E-state index in [2.05, 4.69) is 53.7 Å². The van der Waals surface area contributed by atoms with Gasteiger partial charge in [-0.05, 0) is 10.8 Å². The molecule has 86 valence electrons. The molecule has 0 bridgehead atoms. The van der Waals surface area contributed by atoms with Crippen molar-refractivity contribution in [1.29, 1.82) is 0 Å². The summed E-state index contributed by atoms with van der Waals surface area (Å²) in [5.41, 5.74) is -0.132. The van der Waals surface area contributed by atoms with Gasteiger partial charge in [0.1, 0.15) is 0 Å². The summed E-state index contributed by atoms with van der Waals surface area (Å²) in [6.07, 6.45) is 7.67. The van der Waals surface area contributed by atoms with Crippen LogP contribution in [0.2, 0.25) is 0 Å². The molecule has 1 aliphatic carbocycles. The molecule has 0 spiro atoms. The Hall–Kier alpha value is -0.560. The molecule has 1 heteroatoms. The fourth-order valence-corrected chi connectivity index (χ4v) is 3.14. The van der Waals surface area contributed by atoms with Crippen LogP contribution in [0.25, 0.3) is 0 Å². The number of allylic oxidation sites excluding steroid dienone is 2. The van der Waals surface area contributed by atoms with Gasteiger partial charge in [-0.2, -0.15) is 0 Å². The van der Waals surface area contributed by atoms with Crippen molar-refractivity contribution in [3.05, 3.63) is 24.3 Å². The van der Waals surface area contributed by atoms with Gasteiger partial charge in [-0.15, -0.1) is 0 Å². The Morgan fingerprint density at radius 2 is 1.40 bits per heavy atom. The van der Waals surface area contributed by atoms with Crippen molar-refractivity contribution in [2.75, 3.05) is 0 Å². The number of rotatable bonds is 0. The Bertz CT molecular complexity index is 269. The summed E-state index contributed by atoms with van der Waals surface area (Å²) in [7, 11) is 0. The molecule has 0 aromatic carbocycles. The predicted octanol–water partition coefficient (Wildman–Crippen LogP) is 3.55. The average molecular weight is 208 g/mol. The van der Waals surface area contributed by atoms with Gasteiger partial charge in [0.05, 0.1) is 6.10 Å². The van der Waals surface area contributed by atoms with Gasteiger partial charge in [-0.3, -0.25) is 0 Å². The normalized spacial score (nSPS) is 25.7. The lowest BCUT2D eigenvalue weighted by molar-refractivity contribution is -0.0704. The minimum absolute atomic E-state index is 0.0337. The first-order valence-electron chi connectivity index (χ1n) is 5.67. The van der Waals surface area contributed by atoms with Gasteiger partial charge < -0.3 is 5.11 Å². The Morgan fingerprint density at radius 3 is 1.67 bits per heavy atom. The van der Waals surface area contributed by atoms with Crippen molar-refractivity contribution in [1.82, 2.24) is 0 Å². The van der Waals surface area contributed by atoms with Crippen LogP contribution in [0.15, 0.2) is 24.3 Å². The Balaban J connectivity index is 3.32. The second-order valence-corrected chi connectivity index (χ2v) is 6.56. The molecule has 0 fully saturated rings. The molecule has 0 saturated heterocycles. The summed E-state index contributed by atoms with van der Waals surface area (Å²) in [5, 5.41) is 10.4. The minimum Gasteiger partial charge on any atom is -0.388 e. The van der Waals surface area contributed by atoms with Crippen LogP contribution >= 0.6 is 0 Å². The third-order valence-corrected chi connectivity index (χ3v) is 3.71. The summed E-state index contributed by atoms with van der Waals surface area (Å²) >= 11 is 0.